The van der Waals surface area contributed by atoms with E-state index in [0.29, 0.717) is 52.1 Å². The number of carbonyl (C=O) groups is 3. The Morgan fingerprint density at radius 3 is 2.69 bits per heavy atom. The molecule has 4 N–H and O–H groups in total. The summed E-state index contributed by atoms with van der Waals surface area (Å²) in [6.45, 7) is 10.5. The number of rotatable bonds is 10. The van der Waals surface area contributed by atoms with E-state index < -0.39 is 64.9 Å². The molecular weight excluding hydrogens is 1100 g/mol. The lowest BCUT2D eigenvalue weighted by atomic mass is 9.86. The highest BCUT2D eigenvalue weighted by Crippen LogP contribution is 2.47. The summed E-state index contributed by atoms with van der Waals surface area (Å²) < 4.78 is 82.7. The van der Waals surface area contributed by atoms with E-state index in [4.69, 9.17) is 53.7 Å². The Labute approximate surface area is 468 Å². The largest absolute Gasteiger partial charge is 0.461 e. The number of nitrogens with zero attached hydrogens (tertiary/aromatic N) is 8. The van der Waals surface area contributed by atoms with Crippen LogP contribution in [-0.4, -0.2) is 116 Å². The lowest BCUT2D eigenvalue weighted by Gasteiger charge is -2.41. The number of nitriles is 1. The number of piperazine rings is 1. The Kier molecular flexibility index (Phi) is 13.1. The SMILES string of the molecule is C=C(C(=O)N1CCN(c2nc(OCC34CCCN3CC(F)C4)nc3c(F)c(-c4ccc(F)c5sc(N)c(C#N)c45)c(Cl)cc23)C(C)C1)C(C)OC(=O)Nc1cc2cc3c(nc2cc1F)-c1cc2c(c(=S)n1C3)COC(=O)C2(O)CC. The number of anilines is 3. The Morgan fingerprint density at radius 1 is 1.12 bits per heavy atom. The second-order valence-corrected chi connectivity index (χ2v) is 22.9. The van der Waals surface area contributed by atoms with Gasteiger partial charge in [0.15, 0.2) is 11.4 Å². The third-order valence-corrected chi connectivity index (χ3v) is 18.1. The van der Waals surface area contributed by atoms with Crippen molar-refractivity contribution in [3.05, 3.63) is 104 Å². The number of fused-ring (bicyclic) bond motifs is 8. The van der Waals surface area contributed by atoms with Crippen molar-refractivity contribution < 1.29 is 51.3 Å². The van der Waals surface area contributed by atoms with Crippen molar-refractivity contribution in [3.63, 3.8) is 0 Å². The van der Waals surface area contributed by atoms with Gasteiger partial charge in [0.25, 0.3) is 5.91 Å². The molecule has 7 aromatic rings. The number of carbonyl (C=O) groups excluding carboxylic acids is 3. The number of benzene rings is 3. The topological polar surface area (TPSA) is 214 Å². The molecule has 0 bridgehead atoms. The molecule has 5 atom stereocenters. The summed E-state index contributed by atoms with van der Waals surface area (Å²) >= 11 is 13.6. The van der Waals surface area contributed by atoms with Crippen molar-refractivity contribution in [2.24, 2.45) is 0 Å². The molecule has 2 amide bonds. The fraction of sp³-hybridized carbons (Fsp3) is 0.357. The first kappa shape index (κ1) is 53.2. The van der Waals surface area contributed by atoms with Crippen molar-refractivity contribution in [2.45, 2.75) is 89.1 Å². The van der Waals surface area contributed by atoms with E-state index in [0.717, 1.165) is 35.5 Å². The summed E-state index contributed by atoms with van der Waals surface area (Å²) in [6.07, 6.45) is -1.41. The molecular formula is C56H49ClF4N10O7S2. The van der Waals surface area contributed by atoms with Gasteiger partial charge in [-0.1, -0.05) is 43.4 Å². The van der Waals surface area contributed by atoms with Gasteiger partial charge in [0.05, 0.1) is 55.5 Å². The molecule has 80 heavy (non-hydrogen) atoms. The summed E-state index contributed by atoms with van der Waals surface area (Å²) in [7, 11) is 0. The van der Waals surface area contributed by atoms with Crippen molar-refractivity contribution >= 4 is 102 Å². The van der Waals surface area contributed by atoms with Crippen LogP contribution in [0.1, 0.15) is 68.7 Å². The molecule has 3 fully saturated rings. The molecule has 5 aliphatic heterocycles. The third kappa shape index (κ3) is 8.47. The number of amides is 2. The summed E-state index contributed by atoms with van der Waals surface area (Å²) in [4.78, 5) is 59.7. The van der Waals surface area contributed by atoms with E-state index in [1.165, 1.54) is 30.0 Å². The average molecular weight is 1150 g/mol. The predicted molar refractivity (Wildman–Crippen MR) is 294 cm³/mol. The number of hydrogen-bond acceptors (Lipinski definition) is 16. The van der Waals surface area contributed by atoms with E-state index in [9.17, 15) is 29.1 Å². The Balaban J connectivity index is 0.766. The quantitative estimate of drug-likeness (QED) is 0.0503. The maximum atomic E-state index is 17.5. The number of aromatic nitrogens is 4. The molecule has 24 heteroatoms. The number of alkyl halides is 1. The van der Waals surface area contributed by atoms with Crippen LogP contribution in [0.25, 0.3) is 54.4 Å². The number of thiophene rings is 1. The van der Waals surface area contributed by atoms with Crippen LogP contribution in [0.15, 0.2) is 54.6 Å². The van der Waals surface area contributed by atoms with E-state index in [1.54, 1.807) is 19.1 Å². The van der Waals surface area contributed by atoms with Gasteiger partial charge in [0.2, 0.25) is 0 Å². The van der Waals surface area contributed by atoms with Crippen LogP contribution in [0.2, 0.25) is 5.02 Å². The summed E-state index contributed by atoms with van der Waals surface area (Å²) in [5.74, 6) is -3.42. The molecule has 17 nitrogen and oxygen atoms in total. The van der Waals surface area contributed by atoms with Crippen molar-refractivity contribution in [2.75, 3.05) is 55.3 Å². The smallest absolute Gasteiger partial charge is 0.412 e. The number of nitrogens with one attached hydrogen (secondary N) is 1. The molecule has 0 saturated carbocycles. The monoisotopic (exact) mass is 1150 g/mol. The number of ether oxygens (including phenoxy) is 3. The van der Waals surface area contributed by atoms with E-state index in [2.05, 4.69) is 21.8 Å². The van der Waals surface area contributed by atoms with Crippen molar-refractivity contribution in [1.29, 1.82) is 5.26 Å². The van der Waals surface area contributed by atoms with Gasteiger partial charge in [-0.2, -0.15) is 15.2 Å². The molecule has 3 aromatic carbocycles. The zero-order valence-corrected chi connectivity index (χ0v) is 45.6. The lowest BCUT2D eigenvalue weighted by Crippen LogP contribution is -2.54. The molecule has 412 valence electrons. The number of hydrogen-bond donors (Lipinski definition) is 3. The number of cyclic esters (lactones) is 1. The maximum Gasteiger partial charge on any atom is 0.412 e. The predicted octanol–water partition coefficient (Wildman–Crippen LogP) is 9.98. The lowest BCUT2D eigenvalue weighted by molar-refractivity contribution is -0.172. The molecule has 12 rings (SSSR count). The van der Waals surface area contributed by atoms with Gasteiger partial charge in [0.1, 0.15) is 64.2 Å². The molecule has 0 radical (unpaired) electrons. The first-order valence-electron chi connectivity index (χ1n) is 25.9. The molecule has 3 saturated heterocycles. The fourth-order valence-corrected chi connectivity index (χ4v) is 13.7. The number of halogens is 5. The summed E-state index contributed by atoms with van der Waals surface area (Å²) in [5.41, 5.74) is 6.04. The van der Waals surface area contributed by atoms with Gasteiger partial charge in [-0.3, -0.25) is 15.0 Å². The highest BCUT2D eigenvalue weighted by Gasteiger charge is 2.50. The Morgan fingerprint density at radius 2 is 1.93 bits per heavy atom. The van der Waals surface area contributed by atoms with Crippen LogP contribution >= 0.6 is 35.2 Å². The minimum absolute atomic E-state index is 0.0260. The van der Waals surface area contributed by atoms with Crippen LogP contribution in [0.3, 0.4) is 0 Å². The number of pyridine rings is 2. The molecule has 5 aliphatic rings. The van der Waals surface area contributed by atoms with Crippen LogP contribution in [-0.2, 0) is 37.8 Å². The average Bonchev–Trinajstić information content (AvgIpc) is 4.31. The fourth-order valence-electron chi connectivity index (χ4n) is 12.2. The molecule has 9 heterocycles. The first-order valence-corrected chi connectivity index (χ1v) is 27.5. The Bertz CT molecular complexity index is 4010. The van der Waals surface area contributed by atoms with E-state index >= 15 is 13.2 Å². The van der Waals surface area contributed by atoms with Crippen molar-refractivity contribution in [3.8, 4) is 34.6 Å². The zero-order valence-electron chi connectivity index (χ0n) is 43.2. The van der Waals surface area contributed by atoms with Gasteiger partial charge < -0.3 is 39.4 Å². The number of aliphatic hydroxyl groups is 1. The van der Waals surface area contributed by atoms with E-state index in [-0.39, 0.29) is 129 Å². The van der Waals surface area contributed by atoms with Gasteiger partial charge in [-0.25, -0.2) is 32.1 Å². The molecule has 4 aromatic heterocycles. The standard InChI is InChI=1S/C56H49ClF4N10O7S2/c1-5-56(75)35-16-41-45-29(21-71(41)51(79)34(35)23-76-52(56)73)13-28-14-40(38(60)17-39(28)64-45)65-54(74)78-27(4)26(3)50(72)68-11-12-70(25(2)20-68)49-32-15-36(57)43(31-7-8-37(59)47-42(31)33(19-62)48(63)80-47)44(61)46(32)66-53(67-49)77-24-55-9-6-10-69(55)22-30(58)18-55/h7-8,13-17,25,27,30,75H,3,5-6,9-12,18,20-24,63H2,1-2,4H3,(H,65,74). The minimum atomic E-state index is -1.89. The maximum absolute atomic E-state index is 17.5. The Hall–Kier alpha value is -7.49. The van der Waals surface area contributed by atoms with E-state index in [1.807, 2.05) is 22.5 Å². The first-order chi connectivity index (χ1) is 38.2. The summed E-state index contributed by atoms with van der Waals surface area (Å²) in [5, 5.41) is 24.5. The zero-order chi connectivity index (χ0) is 56.4. The second-order valence-electron chi connectivity index (χ2n) is 21.0. The van der Waals surface area contributed by atoms with Crippen LogP contribution in [0, 0.1) is 33.4 Å². The van der Waals surface area contributed by atoms with Gasteiger partial charge >= 0.3 is 18.1 Å². The number of nitrogens with two attached hydrogens (primary N) is 1. The molecule has 0 spiro atoms. The molecule has 0 aliphatic carbocycles. The van der Waals surface area contributed by atoms with Gasteiger partial charge in [0, 0.05) is 83.1 Å². The normalized spacial score (nSPS) is 21.7. The van der Waals surface area contributed by atoms with Crippen LogP contribution < -0.4 is 20.7 Å². The highest BCUT2D eigenvalue weighted by molar-refractivity contribution is 7.71. The van der Waals surface area contributed by atoms with Gasteiger partial charge in [-0.05, 0) is 75.5 Å². The van der Waals surface area contributed by atoms with Crippen LogP contribution in [0.4, 0.5) is 38.9 Å². The number of esters is 1. The minimum Gasteiger partial charge on any atom is -0.461 e. The number of nitrogen functional groups attached to an aromatic ring is 1. The summed E-state index contributed by atoms with van der Waals surface area (Å²) in [6, 6.07) is 11.4. The molecule has 5 unspecified atom stereocenters. The van der Waals surface area contributed by atoms with Crippen molar-refractivity contribution in [1.82, 2.24) is 29.3 Å². The highest BCUT2D eigenvalue weighted by atomic mass is 35.5. The third-order valence-electron chi connectivity index (χ3n) is 16.3. The van der Waals surface area contributed by atoms with Gasteiger partial charge in [-0.15, -0.1) is 11.3 Å². The second kappa shape index (κ2) is 19.6. The van der Waals surface area contributed by atoms with Crippen LogP contribution in [0.5, 0.6) is 6.01 Å².